The van der Waals surface area contributed by atoms with Crippen LogP contribution in [0.2, 0.25) is 18.1 Å². The van der Waals surface area contributed by atoms with Crippen molar-refractivity contribution in [3.8, 4) is 0 Å². The van der Waals surface area contributed by atoms with Gasteiger partial charge in [0.15, 0.2) is 14.1 Å². The van der Waals surface area contributed by atoms with E-state index in [0.717, 1.165) is 31.8 Å². The van der Waals surface area contributed by atoms with Gasteiger partial charge in [-0.05, 0) is 105 Å². The minimum absolute atomic E-state index is 0.0905. The molecule has 4 nitrogen and oxygen atoms in total. The lowest BCUT2D eigenvalue weighted by molar-refractivity contribution is -0.274. The van der Waals surface area contributed by atoms with Gasteiger partial charge in [-0.3, -0.25) is 0 Å². The van der Waals surface area contributed by atoms with Crippen LogP contribution in [-0.4, -0.2) is 44.1 Å². The molecule has 1 N–H and O–H groups in total. The summed E-state index contributed by atoms with van der Waals surface area (Å²) in [4.78, 5) is 0. The summed E-state index contributed by atoms with van der Waals surface area (Å²) in [6, 6.07) is 0. The van der Waals surface area contributed by atoms with Crippen LogP contribution < -0.4 is 0 Å². The fourth-order valence-corrected chi connectivity index (χ4v) is 12.3. The highest BCUT2D eigenvalue weighted by atomic mass is 28.4. The smallest absolute Gasteiger partial charge is 0.192 e. The molecule has 2 heterocycles. The second kappa shape index (κ2) is 9.03. The van der Waals surface area contributed by atoms with Gasteiger partial charge >= 0.3 is 0 Å². The zero-order valence-electron chi connectivity index (χ0n) is 26.0. The highest BCUT2D eigenvalue weighted by molar-refractivity contribution is 6.74. The van der Waals surface area contributed by atoms with Gasteiger partial charge in [0, 0.05) is 23.7 Å². The van der Waals surface area contributed by atoms with E-state index in [2.05, 4.69) is 61.6 Å². The Morgan fingerprint density at radius 2 is 1.66 bits per heavy atom. The summed E-state index contributed by atoms with van der Waals surface area (Å²) in [5, 5.41) is 10.8. The first kappa shape index (κ1) is 28.2. The summed E-state index contributed by atoms with van der Waals surface area (Å²) in [6.07, 6.45) is 11.0. The number of ether oxygens (including phenoxy) is 2. The average Bonchev–Trinajstić information content (AvgIpc) is 3.27. The van der Waals surface area contributed by atoms with E-state index in [1.165, 1.54) is 38.5 Å². The number of hydrogen-bond donors (Lipinski definition) is 1. The Labute approximate surface area is 234 Å². The second-order valence-corrected chi connectivity index (χ2v) is 21.8. The fourth-order valence-electron chi connectivity index (χ4n) is 10.9. The summed E-state index contributed by atoms with van der Waals surface area (Å²) in [5.74, 6) is 3.98. The van der Waals surface area contributed by atoms with Crippen molar-refractivity contribution in [3.05, 3.63) is 0 Å². The molecule has 0 aromatic rings. The molecule has 0 radical (unpaired) electrons. The average molecular weight is 547 g/mol. The zero-order chi connectivity index (χ0) is 27.5. The van der Waals surface area contributed by atoms with Gasteiger partial charge in [0.2, 0.25) is 0 Å². The summed E-state index contributed by atoms with van der Waals surface area (Å²) < 4.78 is 21.3. The van der Waals surface area contributed by atoms with E-state index in [1.807, 2.05) is 0 Å². The lowest BCUT2D eigenvalue weighted by Crippen LogP contribution is -2.62. The topological polar surface area (TPSA) is 47.9 Å². The largest absolute Gasteiger partial charge is 0.413 e. The molecule has 4 aliphatic carbocycles. The van der Waals surface area contributed by atoms with E-state index in [-0.39, 0.29) is 28.4 Å². The molecule has 0 bridgehead atoms. The molecule has 0 aromatic carbocycles. The Morgan fingerprint density at radius 1 is 0.921 bits per heavy atom. The third kappa shape index (κ3) is 3.94. The number of fused-ring (bicyclic) bond motifs is 7. The van der Waals surface area contributed by atoms with E-state index in [1.54, 1.807) is 0 Å². The van der Waals surface area contributed by atoms with Crippen LogP contribution in [0.15, 0.2) is 0 Å². The first-order valence-electron chi connectivity index (χ1n) is 16.3. The molecule has 7 unspecified atom stereocenters. The zero-order valence-corrected chi connectivity index (χ0v) is 27.0. The molecular formula is C33H58O4Si. The maximum absolute atomic E-state index is 10.6. The number of aliphatic hydroxyl groups excluding tert-OH is 1. The van der Waals surface area contributed by atoms with Crippen molar-refractivity contribution in [1.82, 2.24) is 0 Å². The Morgan fingerprint density at radius 3 is 2.32 bits per heavy atom. The molecule has 38 heavy (non-hydrogen) atoms. The van der Waals surface area contributed by atoms with Gasteiger partial charge in [-0.15, -0.1) is 0 Å². The molecular weight excluding hydrogens is 488 g/mol. The summed E-state index contributed by atoms with van der Waals surface area (Å²) in [5.41, 5.74) is 0.473. The van der Waals surface area contributed by atoms with Gasteiger partial charge in [0.1, 0.15) is 0 Å². The van der Waals surface area contributed by atoms with Gasteiger partial charge in [-0.25, -0.2) is 0 Å². The first-order chi connectivity index (χ1) is 17.6. The van der Waals surface area contributed by atoms with E-state index < -0.39 is 8.32 Å². The molecule has 6 rings (SSSR count). The van der Waals surface area contributed by atoms with Crippen molar-refractivity contribution < 1.29 is 19.0 Å². The molecule has 0 aromatic heterocycles. The molecule has 13 atom stereocenters. The SMILES string of the molecule is CC1CCC2(OC1)OC1CC3C4CC[C@@H]5C[C@H](O)CC[C@]5(C)C4C[C@H](O[Si](C)(C)C(C)(C)C)[C@]3(C)C1[C@@H]2C. The summed E-state index contributed by atoms with van der Waals surface area (Å²) in [7, 11) is -1.97. The number of rotatable bonds is 2. The number of hydrogen-bond acceptors (Lipinski definition) is 4. The molecule has 5 heteroatoms. The fraction of sp³-hybridized carbons (Fsp3) is 1.00. The van der Waals surface area contributed by atoms with E-state index >= 15 is 0 Å². The van der Waals surface area contributed by atoms with Gasteiger partial charge in [-0.2, -0.15) is 0 Å². The molecule has 4 saturated carbocycles. The van der Waals surface area contributed by atoms with Gasteiger partial charge in [0.05, 0.1) is 24.9 Å². The van der Waals surface area contributed by atoms with Crippen molar-refractivity contribution >= 4 is 8.32 Å². The summed E-state index contributed by atoms with van der Waals surface area (Å²) in [6.45, 7) is 23.0. The second-order valence-electron chi connectivity index (χ2n) is 17.0. The minimum atomic E-state index is -1.97. The molecule has 0 amide bonds. The molecule has 1 spiro atoms. The van der Waals surface area contributed by atoms with Crippen molar-refractivity contribution in [2.75, 3.05) is 6.61 Å². The summed E-state index contributed by atoms with van der Waals surface area (Å²) >= 11 is 0. The lowest BCUT2D eigenvalue weighted by atomic mass is 9.43. The molecule has 218 valence electrons. The molecule has 2 saturated heterocycles. The Bertz CT molecular complexity index is 905. The van der Waals surface area contributed by atoms with Gasteiger partial charge in [-0.1, -0.05) is 48.5 Å². The highest BCUT2D eigenvalue weighted by Gasteiger charge is 2.72. The van der Waals surface area contributed by atoms with E-state index in [0.29, 0.717) is 47.0 Å². The minimum Gasteiger partial charge on any atom is -0.413 e. The van der Waals surface area contributed by atoms with Crippen molar-refractivity contribution in [1.29, 1.82) is 0 Å². The van der Waals surface area contributed by atoms with Crippen LogP contribution in [0, 0.1) is 52.3 Å². The normalized spacial score (nSPS) is 54.8. The van der Waals surface area contributed by atoms with E-state index in [4.69, 9.17) is 13.9 Å². The Hall–Kier alpha value is 0.0569. The highest BCUT2D eigenvalue weighted by Crippen LogP contribution is 2.72. The van der Waals surface area contributed by atoms with Crippen LogP contribution in [-0.2, 0) is 13.9 Å². The lowest BCUT2D eigenvalue weighted by Gasteiger charge is -2.64. The molecule has 6 fully saturated rings. The first-order valence-corrected chi connectivity index (χ1v) is 19.2. The Balaban J connectivity index is 1.38. The van der Waals surface area contributed by atoms with Crippen molar-refractivity contribution in [3.63, 3.8) is 0 Å². The molecule has 2 aliphatic heterocycles. The standard InChI is InChI=1S/C33H58O4Si/c1-20-12-15-33(35-19-20)21(2)29-27(36-33)17-26-24-11-10-22-16-23(34)13-14-31(22,6)25(24)18-28(32(26,29)7)37-38(8,9)30(3,4)5/h20-29,34H,10-19H2,1-9H3/t20?,21-,22+,23+,24?,25?,26?,27?,28-,29?,31-,32+,33?/m0/s1. The van der Waals surface area contributed by atoms with Crippen LogP contribution in [0.1, 0.15) is 106 Å². The van der Waals surface area contributed by atoms with Crippen LogP contribution in [0.25, 0.3) is 0 Å². The van der Waals surface area contributed by atoms with Crippen LogP contribution >= 0.6 is 0 Å². The predicted molar refractivity (Wildman–Crippen MR) is 155 cm³/mol. The third-order valence-electron chi connectivity index (χ3n) is 14.2. The molecule has 6 aliphatic rings. The Kier molecular flexibility index (Phi) is 6.70. The van der Waals surface area contributed by atoms with Crippen LogP contribution in [0.5, 0.6) is 0 Å². The van der Waals surface area contributed by atoms with Gasteiger partial charge in [0.25, 0.3) is 0 Å². The van der Waals surface area contributed by atoms with Crippen molar-refractivity contribution in [2.45, 2.75) is 148 Å². The number of aliphatic hydroxyl groups is 1. The predicted octanol–water partition coefficient (Wildman–Crippen LogP) is 7.79. The maximum Gasteiger partial charge on any atom is 0.192 e. The van der Waals surface area contributed by atoms with Gasteiger partial charge < -0.3 is 19.0 Å². The van der Waals surface area contributed by atoms with E-state index in [9.17, 15) is 5.11 Å². The van der Waals surface area contributed by atoms with Crippen LogP contribution in [0.3, 0.4) is 0 Å². The van der Waals surface area contributed by atoms with Crippen LogP contribution in [0.4, 0.5) is 0 Å². The maximum atomic E-state index is 10.6. The third-order valence-corrected chi connectivity index (χ3v) is 18.7. The quantitative estimate of drug-likeness (QED) is 0.359. The van der Waals surface area contributed by atoms with Crippen molar-refractivity contribution in [2.24, 2.45) is 52.3 Å². The monoisotopic (exact) mass is 546 g/mol.